The second-order valence-electron chi connectivity index (χ2n) is 7.60. The van der Waals surface area contributed by atoms with Gasteiger partial charge in [-0.3, -0.25) is 0 Å². The highest BCUT2D eigenvalue weighted by Crippen LogP contribution is 2.29. The molecule has 2 heterocycles. The van der Waals surface area contributed by atoms with Crippen molar-refractivity contribution in [2.24, 2.45) is 0 Å². The van der Waals surface area contributed by atoms with Crippen molar-refractivity contribution in [2.75, 3.05) is 6.61 Å². The van der Waals surface area contributed by atoms with E-state index in [0.29, 0.717) is 23.3 Å². The molecular weight excluding hydrogens is 405 g/mol. The van der Waals surface area contributed by atoms with Gasteiger partial charge in [-0.1, -0.05) is 42.5 Å². The molecule has 2 aromatic carbocycles. The minimum absolute atomic E-state index is 0.00185. The average molecular weight is 429 g/mol. The van der Waals surface area contributed by atoms with E-state index < -0.39 is 23.1 Å². The topological polar surface area (TPSA) is 109 Å². The number of sulfonamides is 1. The summed E-state index contributed by atoms with van der Waals surface area (Å²) in [6, 6.07) is 14.7. The molecule has 1 fully saturated rings. The second kappa shape index (κ2) is 8.91. The number of fused-ring (bicyclic) bond motifs is 1. The third-order valence-corrected chi connectivity index (χ3v) is 6.68. The Morgan fingerprint density at radius 2 is 2.00 bits per heavy atom. The van der Waals surface area contributed by atoms with Crippen molar-refractivity contribution in [3.63, 3.8) is 0 Å². The molecule has 3 aromatic rings. The van der Waals surface area contributed by atoms with Gasteiger partial charge in [-0.25, -0.2) is 13.1 Å². The van der Waals surface area contributed by atoms with E-state index in [2.05, 4.69) is 4.72 Å². The lowest BCUT2D eigenvalue weighted by Gasteiger charge is -2.18. The Bertz CT molecular complexity index is 1110. The molecule has 4 rings (SSSR count). The lowest BCUT2D eigenvalue weighted by Crippen LogP contribution is -2.48. The SMILES string of the molecule is O=S(=O)(Cc1cccc(C2CCCO2)c1)N[C@@H](Cc1coc2ccccc12)B(O)O. The summed E-state index contributed by atoms with van der Waals surface area (Å²) in [4.78, 5) is 0. The number of ether oxygens (including phenoxy) is 1. The van der Waals surface area contributed by atoms with Crippen LogP contribution in [-0.2, 0) is 26.9 Å². The van der Waals surface area contributed by atoms with Crippen LogP contribution in [0.5, 0.6) is 0 Å². The van der Waals surface area contributed by atoms with E-state index >= 15 is 0 Å². The monoisotopic (exact) mass is 429 g/mol. The Balaban J connectivity index is 1.48. The van der Waals surface area contributed by atoms with E-state index in [9.17, 15) is 18.5 Å². The first-order valence-corrected chi connectivity index (χ1v) is 11.6. The quantitative estimate of drug-likeness (QED) is 0.475. The predicted octanol–water partition coefficient (Wildman–Crippen LogP) is 2.33. The molecule has 7 nitrogen and oxygen atoms in total. The molecule has 1 aliphatic heterocycles. The molecule has 0 radical (unpaired) electrons. The Labute approximate surface area is 175 Å². The number of rotatable bonds is 8. The number of nitrogens with one attached hydrogen (secondary N) is 1. The van der Waals surface area contributed by atoms with Gasteiger partial charge in [-0.2, -0.15) is 0 Å². The van der Waals surface area contributed by atoms with Gasteiger partial charge in [-0.15, -0.1) is 0 Å². The molecule has 0 saturated carbocycles. The first-order chi connectivity index (χ1) is 14.4. The van der Waals surface area contributed by atoms with Crippen LogP contribution in [0, 0.1) is 0 Å². The number of para-hydroxylation sites is 1. The van der Waals surface area contributed by atoms with Gasteiger partial charge in [0.05, 0.1) is 24.1 Å². The molecule has 1 unspecified atom stereocenters. The lowest BCUT2D eigenvalue weighted by atomic mass is 9.77. The van der Waals surface area contributed by atoms with Crippen LogP contribution in [0.25, 0.3) is 11.0 Å². The predicted molar refractivity (Wildman–Crippen MR) is 114 cm³/mol. The molecule has 1 aliphatic rings. The molecule has 1 aromatic heterocycles. The van der Waals surface area contributed by atoms with Gasteiger partial charge in [0, 0.05) is 12.0 Å². The van der Waals surface area contributed by atoms with Gasteiger partial charge in [0.15, 0.2) is 0 Å². The van der Waals surface area contributed by atoms with Crippen LogP contribution in [0.2, 0.25) is 0 Å². The summed E-state index contributed by atoms with van der Waals surface area (Å²) in [5.41, 5.74) is 2.94. The lowest BCUT2D eigenvalue weighted by molar-refractivity contribution is 0.112. The maximum atomic E-state index is 12.8. The third kappa shape index (κ3) is 4.93. The van der Waals surface area contributed by atoms with Crippen molar-refractivity contribution in [3.8, 4) is 0 Å². The van der Waals surface area contributed by atoms with Crippen LogP contribution < -0.4 is 4.72 Å². The normalized spacial score (nSPS) is 18.0. The molecule has 30 heavy (non-hydrogen) atoms. The molecular formula is C21H24BNO6S. The van der Waals surface area contributed by atoms with E-state index in [0.717, 1.165) is 23.8 Å². The number of benzene rings is 2. The van der Waals surface area contributed by atoms with Crippen molar-refractivity contribution in [2.45, 2.75) is 37.1 Å². The highest BCUT2D eigenvalue weighted by molar-refractivity contribution is 7.88. The van der Waals surface area contributed by atoms with Crippen molar-refractivity contribution >= 4 is 28.1 Å². The minimum Gasteiger partial charge on any atom is -0.464 e. The number of furan rings is 1. The van der Waals surface area contributed by atoms with E-state index in [1.807, 2.05) is 36.4 Å². The van der Waals surface area contributed by atoms with Crippen LogP contribution >= 0.6 is 0 Å². The minimum atomic E-state index is -3.82. The highest BCUT2D eigenvalue weighted by Gasteiger charge is 2.30. The summed E-state index contributed by atoms with van der Waals surface area (Å²) in [5.74, 6) is -1.36. The molecule has 1 saturated heterocycles. The molecule has 0 bridgehead atoms. The maximum Gasteiger partial charge on any atom is 0.471 e. The second-order valence-corrected chi connectivity index (χ2v) is 9.36. The molecule has 2 atom stereocenters. The molecule has 9 heteroatoms. The molecule has 0 spiro atoms. The zero-order valence-corrected chi connectivity index (χ0v) is 17.2. The largest absolute Gasteiger partial charge is 0.471 e. The first-order valence-electron chi connectivity index (χ1n) is 9.93. The van der Waals surface area contributed by atoms with Crippen molar-refractivity contribution in [1.82, 2.24) is 4.72 Å². The standard InChI is InChI=1S/C21H24BNO6S/c24-22(25)21(12-17-13-29-20-8-2-1-7-18(17)20)23-30(26,27)14-15-5-3-6-16(11-15)19-9-4-10-28-19/h1-3,5-8,11,13,19,21,23-25H,4,9-10,12,14H2/t19?,21-/m0/s1. The highest BCUT2D eigenvalue weighted by atomic mass is 32.2. The number of hydrogen-bond acceptors (Lipinski definition) is 6. The Morgan fingerprint density at radius 3 is 2.77 bits per heavy atom. The van der Waals surface area contributed by atoms with Gasteiger partial charge >= 0.3 is 7.12 Å². The van der Waals surface area contributed by atoms with Crippen molar-refractivity contribution in [3.05, 3.63) is 71.5 Å². The molecule has 0 aliphatic carbocycles. The maximum absolute atomic E-state index is 12.8. The van der Waals surface area contributed by atoms with Gasteiger partial charge in [-0.05, 0) is 42.0 Å². The molecule has 3 N–H and O–H groups in total. The Morgan fingerprint density at radius 1 is 1.17 bits per heavy atom. The first kappa shape index (κ1) is 21.1. The average Bonchev–Trinajstić information content (AvgIpc) is 3.38. The van der Waals surface area contributed by atoms with Crippen LogP contribution in [0.15, 0.2) is 59.2 Å². The summed E-state index contributed by atoms with van der Waals surface area (Å²) in [6.07, 6.45) is 3.52. The molecule has 0 amide bonds. The van der Waals surface area contributed by atoms with Crippen LogP contribution in [0.1, 0.15) is 35.6 Å². The van der Waals surface area contributed by atoms with E-state index in [1.54, 1.807) is 12.1 Å². The van der Waals surface area contributed by atoms with Gasteiger partial charge in [0.2, 0.25) is 10.0 Å². The summed E-state index contributed by atoms with van der Waals surface area (Å²) in [6.45, 7) is 0.716. The smallest absolute Gasteiger partial charge is 0.464 e. The van der Waals surface area contributed by atoms with Gasteiger partial charge < -0.3 is 19.2 Å². The molecule has 158 valence electrons. The zero-order chi connectivity index (χ0) is 21.1. The van der Waals surface area contributed by atoms with Gasteiger partial charge in [0.25, 0.3) is 0 Å². The summed E-state index contributed by atoms with van der Waals surface area (Å²) >= 11 is 0. The summed E-state index contributed by atoms with van der Waals surface area (Å²) < 4.78 is 39.1. The summed E-state index contributed by atoms with van der Waals surface area (Å²) in [5, 5.41) is 20.4. The zero-order valence-electron chi connectivity index (χ0n) is 16.4. The third-order valence-electron chi connectivity index (χ3n) is 5.30. The van der Waals surface area contributed by atoms with Crippen molar-refractivity contribution < 1.29 is 27.6 Å². The Hall–Kier alpha value is -2.17. The number of hydrogen-bond donors (Lipinski definition) is 3. The van der Waals surface area contributed by atoms with Crippen molar-refractivity contribution in [1.29, 1.82) is 0 Å². The van der Waals surface area contributed by atoms with Crippen LogP contribution in [0.3, 0.4) is 0 Å². The van der Waals surface area contributed by atoms with Crippen LogP contribution in [0.4, 0.5) is 0 Å². The van der Waals surface area contributed by atoms with E-state index in [1.165, 1.54) is 6.26 Å². The van der Waals surface area contributed by atoms with E-state index in [4.69, 9.17) is 9.15 Å². The van der Waals surface area contributed by atoms with Gasteiger partial charge in [0.1, 0.15) is 5.58 Å². The fourth-order valence-electron chi connectivity index (χ4n) is 3.85. The summed E-state index contributed by atoms with van der Waals surface area (Å²) in [7, 11) is -5.67. The van der Waals surface area contributed by atoms with Crippen LogP contribution in [-0.4, -0.2) is 38.1 Å². The fraction of sp³-hybridized carbons (Fsp3) is 0.333. The van der Waals surface area contributed by atoms with E-state index in [-0.39, 0.29) is 18.3 Å². The fourth-order valence-corrected chi connectivity index (χ4v) is 5.22. The Kier molecular flexibility index (Phi) is 6.26.